The highest BCUT2D eigenvalue weighted by atomic mass is 16.5. The zero-order chi connectivity index (χ0) is 14.7. The summed E-state index contributed by atoms with van der Waals surface area (Å²) in [4.78, 5) is 2.36. The highest BCUT2D eigenvalue weighted by molar-refractivity contribution is 5.75. The van der Waals surface area contributed by atoms with Crippen LogP contribution in [0.2, 0.25) is 0 Å². The van der Waals surface area contributed by atoms with Crippen LogP contribution in [0.15, 0.2) is 24.3 Å². The molecule has 1 aromatic carbocycles. The Morgan fingerprint density at radius 3 is 2.41 bits per heavy atom. The van der Waals surface area contributed by atoms with E-state index in [1.807, 2.05) is 12.1 Å². The average molecular weight is 305 g/mol. The highest BCUT2D eigenvalue weighted by Gasteiger charge is 2.41. The van der Waals surface area contributed by atoms with Crippen molar-refractivity contribution in [3.63, 3.8) is 0 Å². The number of fused-ring (bicyclic) bond motifs is 3. The van der Waals surface area contributed by atoms with Crippen molar-refractivity contribution in [2.24, 2.45) is 5.92 Å². The molecular weight excluding hydrogens is 277 g/mol. The number of aliphatic hydroxyl groups excluding tert-OH is 2. The van der Waals surface area contributed by atoms with Gasteiger partial charge in [0.1, 0.15) is 12.4 Å². The molecule has 0 aliphatic carbocycles. The summed E-state index contributed by atoms with van der Waals surface area (Å²) in [6.07, 6.45) is 3.70. The lowest BCUT2D eigenvalue weighted by atomic mass is 9.81. The molecule has 4 nitrogen and oxygen atoms in total. The zero-order valence-electron chi connectivity index (χ0n) is 12.4. The predicted octanol–water partition coefficient (Wildman–Crippen LogP) is 0.262. The number of rotatable bonds is 6. The van der Waals surface area contributed by atoms with Crippen molar-refractivity contribution in [1.82, 2.24) is 4.90 Å². The first kappa shape index (κ1) is 17.3. The molecule has 2 atom stereocenters. The van der Waals surface area contributed by atoms with Crippen LogP contribution in [0.1, 0.15) is 24.8 Å². The van der Waals surface area contributed by atoms with Gasteiger partial charge in [-0.15, -0.1) is 0 Å². The smallest absolute Gasteiger partial charge is 0.119 e. The number of aliphatic hydroxyl groups is 2. The first-order valence-corrected chi connectivity index (χ1v) is 8.02. The Bertz CT molecular complexity index is 444. The molecule has 0 aromatic heterocycles. The second-order valence-corrected chi connectivity index (χ2v) is 6.21. The third-order valence-corrected chi connectivity index (χ3v) is 4.89. The fourth-order valence-electron chi connectivity index (χ4n) is 3.54. The van der Waals surface area contributed by atoms with Gasteiger partial charge in [-0.2, -0.15) is 0 Å². The maximum absolute atomic E-state index is 10.3. The van der Waals surface area contributed by atoms with Crippen molar-refractivity contribution in [2.75, 3.05) is 26.3 Å². The molecule has 0 amide bonds. The van der Waals surface area contributed by atoms with Gasteiger partial charge in [0, 0.05) is 6.61 Å². The van der Waals surface area contributed by atoms with Gasteiger partial charge in [-0.3, -0.25) is 4.90 Å². The first-order valence-electron chi connectivity index (χ1n) is 8.02. The second kappa shape index (κ2) is 8.00. The van der Waals surface area contributed by atoms with Gasteiger partial charge in [0.2, 0.25) is 0 Å². The van der Waals surface area contributed by atoms with E-state index in [-0.39, 0.29) is 27.2 Å². The minimum Gasteiger partial charge on any atom is -0.492 e. The Balaban J connectivity index is 0.00000176. The van der Waals surface area contributed by atoms with E-state index in [0.29, 0.717) is 12.5 Å². The van der Waals surface area contributed by atoms with Crippen LogP contribution in [-0.4, -0.2) is 62.0 Å². The molecule has 22 heavy (non-hydrogen) atoms. The molecule has 0 saturated carbocycles. The Morgan fingerprint density at radius 2 is 1.82 bits per heavy atom. The van der Waals surface area contributed by atoms with Crippen LogP contribution in [0.4, 0.5) is 0 Å². The average Bonchev–Trinajstić information content (AvgIpc) is 2.54. The van der Waals surface area contributed by atoms with E-state index in [2.05, 4.69) is 17.0 Å². The summed E-state index contributed by atoms with van der Waals surface area (Å²) in [5.74, 6) is 1.32. The minimum atomic E-state index is -0.240. The fourth-order valence-corrected chi connectivity index (χ4v) is 3.54. The third kappa shape index (κ3) is 3.83. The van der Waals surface area contributed by atoms with Crippen LogP contribution in [0, 0.1) is 5.92 Å². The van der Waals surface area contributed by atoms with E-state index in [1.165, 1.54) is 5.56 Å². The lowest BCUT2D eigenvalue weighted by Crippen LogP contribution is -2.59. The minimum absolute atomic E-state index is 0. The number of nitrogens with zero attached hydrogens (tertiary/aromatic N) is 1. The highest BCUT2D eigenvalue weighted by Crippen LogP contribution is 2.32. The molecule has 5 heteroatoms. The van der Waals surface area contributed by atoms with E-state index in [9.17, 15) is 5.11 Å². The SMILES string of the molecule is B.OCCCc1ccc(OCC2C(O)C3CCN2CC3)cc1. The molecule has 3 aliphatic heterocycles. The monoisotopic (exact) mass is 305 g/mol. The largest absolute Gasteiger partial charge is 0.492 e. The van der Waals surface area contributed by atoms with Crippen molar-refractivity contribution >= 4 is 8.41 Å². The predicted molar refractivity (Wildman–Crippen MR) is 91.4 cm³/mol. The van der Waals surface area contributed by atoms with E-state index in [0.717, 1.165) is 44.5 Å². The molecule has 3 heterocycles. The number of hydrogen-bond acceptors (Lipinski definition) is 4. The molecule has 3 aliphatic rings. The Labute approximate surface area is 134 Å². The quantitative estimate of drug-likeness (QED) is 0.741. The summed E-state index contributed by atoms with van der Waals surface area (Å²) in [6, 6.07) is 8.21. The van der Waals surface area contributed by atoms with Gasteiger partial charge in [0.25, 0.3) is 0 Å². The lowest BCUT2D eigenvalue weighted by molar-refractivity contribution is -0.0849. The molecule has 4 rings (SSSR count). The van der Waals surface area contributed by atoms with Crippen LogP contribution in [-0.2, 0) is 6.42 Å². The Hall–Kier alpha value is -1.04. The summed E-state index contributed by atoms with van der Waals surface area (Å²) >= 11 is 0. The van der Waals surface area contributed by atoms with Gasteiger partial charge in [-0.25, -0.2) is 0 Å². The van der Waals surface area contributed by atoms with Gasteiger partial charge in [0.05, 0.1) is 20.6 Å². The molecule has 3 saturated heterocycles. The van der Waals surface area contributed by atoms with E-state index in [4.69, 9.17) is 9.84 Å². The molecule has 2 N–H and O–H groups in total. The maximum Gasteiger partial charge on any atom is 0.119 e. The standard InChI is InChI=1S/C17H25NO3.BH3/c19-11-1-2-13-3-5-15(6-4-13)21-12-16-17(20)14-7-9-18(16)10-8-14;/h3-6,14,16-17,19-20H,1-2,7-12H2;1H3. The fraction of sp³-hybridized carbons (Fsp3) is 0.647. The van der Waals surface area contributed by atoms with E-state index in [1.54, 1.807) is 0 Å². The molecule has 0 radical (unpaired) electrons. The number of aryl methyl sites for hydroxylation is 1. The second-order valence-electron chi connectivity index (χ2n) is 6.21. The normalized spacial score (nSPS) is 29.9. The maximum atomic E-state index is 10.3. The summed E-state index contributed by atoms with van der Waals surface area (Å²) in [5, 5.41) is 19.2. The van der Waals surface area contributed by atoms with Crippen LogP contribution >= 0.6 is 0 Å². The topological polar surface area (TPSA) is 52.9 Å². The van der Waals surface area contributed by atoms with E-state index >= 15 is 0 Å². The van der Waals surface area contributed by atoms with Crippen LogP contribution in [0.25, 0.3) is 0 Å². The summed E-state index contributed by atoms with van der Waals surface area (Å²) < 4.78 is 5.88. The van der Waals surface area contributed by atoms with Gasteiger partial charge in [-0.05, 0) is 62.4 Å². The van der Waals surface area contributed by atoms with Crippen molar-refractivity contribution in [3.05, 3.63) is 29.8 Å². The summed E-state index contributed by atoms with van der Waals surface area (Å²) in [5.41, 5.74) is 1.22. The van der Waals surface area contributed by atoms with Crippen LogP contribution < -0.4 is 4.74 Å². The van der Waals surface area contributed by atoms with Gasteiger partial charge >= 0.3 is 0 Å². The van der Waals surface area contributed by atoms with Crippen molar-refractivity contribution in [2.45, 2.75) is 37.8 Å². The third-order valence-electron chi connectivity index (χ3n) is 4.89. The number of hydrogen-bond donors (Lipinski definition) is 2. The number of piperidine rings is 3. The first-order chi connectivity index (χ1) is 10.3. The number of benzene rings is 1. The van der Waals surface area contributed by atoms with Gasteiger partial charge < -0.3 is 14.9 Å². The van der Waals surface area contributed by atoms with E-state index < -0.39 is 0 Å². The molecule has 0 spiro atoms. The summed E-state index contributed by atoms with van der Waals surface area (Å²) in [7, 11) is 0. The summed E-state index contributed by atoms with van der Waals surface area (Å²) in [6.45, 7) is 2.98. The van der Waals surface area contributed by atoms with Crippen LogP contribution in [0.3, 0.4) is 0 Å². The molecular formula is C17H28BNO3. The zero-order valence-corrected chi connectivity index (χ0v) is 12.4. The van der Waals surface area contributed by atoms with Crippen molar-refractivity contribution < 1.29 is 14.9 Å². The van der Waals surface area contributed by atoms with Gasteiger partial charge in [-0.1, -0.05) is 12.1 Å². The van der Waals surface area contributed by atoms with Crippen molar-refractivity contribution in [3.8, 4) is 5.75 Å². The molecule has 2 unspecified atom stereocenters. The molecule has 2 bridgehead atoms. The number of ether oxygens (including phenoxy) is 1. The van der Waals surface area contributed by atoms with Gasteiger partial charge in [0.15, 0.2) is 0 Å². The van der Waals surface area contributed by atoms with Crippen molar-refractivity contribution in [1.29, 1.82) is 0 Å². The lowest BCUT2D eigenvalue weighted by Gasteiger charge is -2.48. The molecule has 122 valence electrons. The Morgan fingerprint density at radius 1 is 1.14 bits per heavy atom. The molecule has 1 aromatic rings. The Kier molecular flexibility index (Phi) is 6.30. The van der Waals surface area contributed by atoms with Crippen LogP contribution in [0.5, 0.6) is 5.75 Å². The molecule has 3 fully saturated rings.